The van der Waals surface area contributed by atoms with E-state index >= 15 is 0 Å². The van der Waals surface area contributed by atoms with E-state index in [4.69, 9.17) is 11.6 Å². The van der Waals surface area contributed by atoms with E-state index in [0.717, 1.165) is 12.1 Å². The Morgan fingerprint density at radius 1 is 1.43 bits per heavy atom. The number of alkyl halides is 1. The standard InChI is InChI=1S/C11H13ClFN/c12-9-3-1-2-8(6-9)10-7-14-5-4-11(10)13/h1-3,6,10-11,14H,4-5,7H2. The molecule has 1 aromatic rings. The van der Waals surface area contributed by atoms with Gasteiger partial charge < -0.3 is 5.32 Å². The van der Waals surface area contributed by atoms with Gasteiger partial charge in [0.1, 0.15) is 6.17 Å². The van der Waals surface area contributed by atoms with Crippen molar-refractivity contribution < 1.29 is 4.39 Å². The first kappa shape index (κ1) is 9.94. The van der Waals surface area contributed by atoms with Crippen molar-refractivity contribution in [1.29, 1.82) is 0 Å². The predicted molar refractivity (Wildman–Crippen MR) is 56.6 cm³/mol. The second-order valence-electron chi connectivity index (χ2n) is 3.67. The molecule has 14 heavy (non-hydrogen) atoms. The normalized spacial score (nSPS) is 27.6. The number of benzene rings is 1. The molecule has 2 rings (SSSR count). The molecule has 3 heteroatoms. The number of nitrogens with one attached hydrogen (secondary N) is 1. The minimum atomic E-state index is -0.741. The highest BCUT2D eigenvalue weighted by atomic mass is 35.5. The summed E-state index contributed by atoms with van der Waals surface area (Å²) >= 11 is 5.87. The van der Waals surface area contributed by atoms with Crippen LogP contribution < -0.4 is 5.32 Å². The van der Waals surface area contributed by atoms with Gasteiger partial charge in [-0.25, -0.2) is 4.39 Å². The molecular weight excluding hydrogens is 201 g/mol. The predicted octanol–water partition coefficient (Wildman–Crippen LogP) is 2.76. The summed E-state index contributed by atoms with van der Waals surface area (Å²) in [5.74, 6) is -0.0394. The van der Waals surface area contributed by atoms with Gasteiger partial charge in [-0.1, -0.05) is 23.7 Å². The molecule has 1 saturated heterocycles. The lowest BCUT2D eigenvalue weighted by atomic mass is 9.90. The Labute approximate surface area is 88.3 Å². The van der Waals surface area contributed by atoms with Crippen molar-refractivity contribution in [3.63, 3.8) is 0 Å². The molecule has 0 spiro atoms. The van der Waals surface area contributed by atoms with Crippen molar-refractivity contribution in [2.45, 2.75) is 18.5 Å². The maximum atomic E-state index is 13.6. The van der Waals surface area contributed by atoms with Crippen LogP contribution in [0.5, 0.6) is 0 Å². The zero-order chi connectivity index (χ0) is 9.97. The Morgan fingerprint density at radius 2 is 2.29 bits per heavy atom. The molecule has 76 valence electrons. The van der Waals surface area contributed by atoms with Gasteiger partial charge in [0, 0.05) is 17.5 Å². The van der Waals surface area contributed by atoms with Crippen molar-refractivity contribution in [3.05, 3.63) is 34.9 Å². The van der Waals surface area contributed by atoms with Crippen LogP contribution in [0, 0.1) is 0 Å². The van der Waals surface area contributed by atoms with Crippen LogP contribution in [0.3, 0.4) is 0 Å². The summed E-state index contributed by atoms with van der Waals surface area (Å²) in [4.78, 5) is 0. The Hall–Kier alpha value is -0.600. The molecule has 1 N–H and O–H groups in total. The first-order chi connectivity index (χ1) is 6.77. The van der Waals surface area contributed by atoms with E-state index in [2.05, 4.69) is 5.32 Å². The molecule has 0 aromatic heterocycles. The lowest BCUT2D eigenvalue weighted by molar-refractivity contribution is 0.228. The first-order valence-electron chi connectivity index (χ1n) is 4.87. The number of hydrogen-bond donors (Lipinski definition) is 1. The van der Waals surface area contributed by atoms with E-state index in [0.29, 0.717) is 18.0 Å². The van der Waals surface area contributed by atoms with Crippen molar-refractivity contribution in [1.82, 2.24) is 5.32 Å². The molecule has 2 unspecified atom stereocenters. The van der Waals surface area contributed by atoms with Crippen LogP contribution >= 0.6 is 11.6 Å². The Bertz CT molecular complexity index is 316. The van der Waals surface area contributed by atoms with E-state index in [1.807, 2.05) is 24.3 Å². The van der Waals surface area contributed by atoms with Crippen molar-refractivity contribution >= 4 is 11.6 Å². The first-order valence-corrected chi connectivity index (χ1v) is 5.25. The highest BCUT2D eigenvalue weighted by Gasteiger charge is 2.25. The SMILES string of the molecule is FC1CCNCC1c1cccc(Cl)c1. The maximum absolute atomic E-state index is 13.6. The van der Waals surface area contributed by atoms with E-state index in [1.54, 1.807) is 0 Å². The van der Waals surface area contributed by atoms with E-state index in [9.17, 15) is 4.39 Å². The Morgan fingerprint density at radius 3 is 3.00 bits per heavy atom. The van der Waals surface area contributed by atoms with Crippen LogP contribution in [-0.2, 0) is 0 Å². The molecule has 0 amide bonds. The molecule has 1 nitrogen and oxygen atoms in total. The van der Waals surface area contributed by atoms with Crippen LogP contribution in [0.2, 0.25) is 5.02 Å². The number of hydrogen-bond acceptors (Lipinski definition) is 1. The third kappa shape index (κ3) is 2.07. The van der Waals surface area contributed by atoms with Gasteiger partial charge in [-0.15, -0.1) is 0 Å². The molecule has 2 atom stereocenters. The summed E-state index contributed by atoms with van der Waals surface area (Å²) in [6, 6.07) is 7.48. The van der Waals surface area contributed by atoms with Crippen LogP contribution in [0.15, 0.2) is 24.3 Å². The van der Waals surface area contributed by atoms with Crippen LogP contribution in [0.4, 0.5) is 4.39 Å². The molecule has 1 heterocycles. The Balaban J connectivity index is 2.20. The van der Waals surface area contributed by atoms with Crippen molar-refractivity contribution in [2.24, 2.45) is 0 Å². The summed E-state index contributed by atoms with van der Waals surface area (Å²) < 4.78 is 13.6. The van der Waals surface area contributed by atoms with E-state index in [-0.39, 0.29) is 5.92 Å². The minimum absolute atomic E-state index is 0.0394. The molecule has 1 aromatic carbocycles. The van der Waals surface area contributed by atoms with E-state index < -0.39 is 6.17 Å². The number of piperidine rings is 1. The highest BCUT2D eigenvalue weighted by Crippen LogP contribution is 2.27. The fourth-order valence-corrected chi connectivity index (χ4v) is 2.09. The number of rotatable bonds is 1. The third-order valence-corrected chi connectivity index (χ3v) is 2.91. The molecule has 0 radical (unpaired) electrons. The van der Waals surface area contributed by atoms with Crippen LogP contribution in [0.1, 0.15) is 17.9 Å². The zero-order valence-electron chi connectivity index (χ0n) is 7.84. The summed E-state index contributed by atoms with van der Waals surface area (Å²) in [6.07, 6.45) is -0.147. The Kier molecular flexibility index (Phi) is 3.04. The monoisotopic (exact) mass is 213 g/mol. The highest BCUT2D eigenvalue weighted by molar-refractivity contribution is 6.30. The number of halogens is 2. The third-order valence-electron chi connectivity index (χ3n) is 2.67. The second kappa shape index (κ2) is 4.28. The fourth-order valence-electron chi connectivity index (χ4n) is 1.89. The minimum Gasteiger partial charge on any atom is -0.316 e. The topological polar surface area (TPSA) is 12.0 Å². The van der Waals surface area contributed by atoms with Crippen LogP contribution in [0.25, 0.3) is 0 Å². The van der Waals surface area contributed by atoms with Crippen LogP contribution in [-0.4, -0.2) is 19.3 Å². The molecule has 0 aliphatic carbocycles. The van der Waals surface area contributed by atoms with Gasteiger partial charge in [0.05, 0.1) is 0 Å². The zero-order valence-corrected chi connectivity index (χ0v) is 8.60. The molecule has 0 saturated carbocycles. The molecule has 1 aliphatic rings. The summed E-state index contributed by atoms with van der Waals surface area (Å²) in [6.45, 7) is 1.49. The quantitative estimate of drug-likeness (QED) is 0.757. The van der Waals surface area contributed by atoms with Gasteiger partial charge in [-0.3, -0.25) is 0 Å². The van der Waals surface area contributed by atoms with Gasteiger partial charge in [0.25, 0.3) is 0 Å². The second-order valence-corrected chi connectivity index (χ2v) is 4.11. The summed E-state index contributed by atoms with van der Waals surface area (Å²) in [7, 11) is 0. The smallest absolute Gasteiger partial charge is 0.109 e. The van der Waals surface area contributed by atoms with Gasteiger partial charge in [0.15, 0.2) is 0 Å². The molecule has 1 fully saturated rings. The van der Waals surface area contributed by atoms with Gasteiger partial charge in [-0.05, 0) is 30.7 Å². The summed E-state index contributed by atoms with van der Waals surface area (Å²) in [5, 5.41) is 3.88. The maximum Gasteiger partial charge on any atom is 0.109 e. The molecule has 1 aliphatic heterocycles. The summed E-state index contributed by atoms with van der Waals surface area (Å²) in [5.41, 5.74) is 0.997. The lowest BCUT2D eigenvalue weighted by Gasteiger charge is -2.27. The van der Waals surface area contributed by atoms with Gasteiger partial charge in [-0.2, -0.15) is 0 Å². The lowest BCUT2D eigenvalue weighted by Crippen LogP contribution is -2.36. The molecule has 0 bridgehead atoms. The molecular formula is C11H13ClFN. The van der Waals surface area contributed by atoms with E-state index in [1.165, 1.54) is 0 Å². The fraction of sp³-hybridized carbons (Fsp3) is 0.455. The van der Waals surface area contributed by atoms with Crippen molar-refractivity contribution in [2.75, 3.05) is 13.1 Å². The van der Waals surface area contributed by atoms with Gasteiger partial charge in [0.2, 0.25) is 0 Å². The van der Waals surface area contributed by atoms with Gasteiger partial charge >= 0.3 is 0 Å². The van der Waals surface area contributed by atoms with Crippen molar-refractivity contribution in [3.8, 4) is 0 Å². The average Bonchev–Trinajstić information content (AvgIpc) is 2.18. The average molecular weight is 214 g/mol. The largest absolute Gasteiger partial charge is 0.316 e.